The van der Waals surface area contributed by atoms with Crippen molar-refractivity contribution < 1.29 is 14.6 Å². The van der Waals surface area contributed by atoms with Crippen LogP contribution in [0.3, 0.4) is 0 Å². The minimum atomic E-state index is -0.537. The molecule has 2 N–H and O–H groups in total. The summed E-state index contributed by atoms with van der Waals surface area (Å²) in [5.41, 5.74) is 1.03. The fourth-order valence-corrected chi connectivity index (χ4v) is 2.81. The van der Waals surface area contributed by atoms with Gasteiger partial charge in [-0.1, -0.05) is 30.5 Å². The van der Waals surface area contributed by atoms with Gasteiger partial charge in [-0.15, -0.1) is 0 Å². The molecule has 1 fully saturated rings. The highest BCUT2D eigenvalue weighted by Crippen LogP contribution is 2.36. The van der Waals surface area contributed by atoms with E-state index in [1.54, 1.807) is 6.92 Å². The van der Waals surface area contributed by atoms with E-state index in [4.69, 9.17) is 4.74 Å². The van der Waals surface area contributed by atoms with Gasteiger partial charge in [-0.3, -0.25) is 4.79 Å². The van der Waals surface area contributed by atoms with E-state index in [1.165, 1.54) is 0 Å². The number of aryl methyl sites for hydroxylation is 1. The number of aliphatic hydroxyl groups is 1. The minimum Gasteiger partial charge on any atom is -0.481 e. The van der Waals surface area contributed by atoms with Crippen molar-refractivity contribution in [1.29, 1.82) is 0 Å². The Morgan fingerprint density at radius 2 is 1.95 bits per heavy atom. The zero-order valence-corrected chi connectivity index (χ0v) is 12.9. The Hall–Kier alpha value is -1.55. The van der Waals surface area contributed by atoms with E-state index in [9.17, 15) is 9.90 Å². The number of carbonyl (C=O) groups is 1. The molecule has 0 radical (unpaired) electrons. The molecule has 21 heavy (non-hydrogen) atoms. The van der Waals surface area contributed by atoms with E-state index >= 15 is 0 Å². The lowest BCUT2D eigenvalue weighted by Gasteiger charge is -2.27. The lowest BCUT2D eigenvalue weighted by molar-refractivity contribution is -0.127. The molecular formula is C17H25NO3. The first-order chi connectivity index (χ1) is 10.0. The number of hydrogen-bond acceptors (Lipinski definition) is 3. The van der Waals surface area contributed by atoms with Crippen LogP contribution in [0.5, 0.6) is 5.75 Å². The number of aliphatic hydroxyl groups excluding tert-OH is 1. The average molecular weight is 291 g/mol. The number of nitrogens with one attached hydrogen (secondary N) is 1. The zero-order chi connectivity index (χ0) is 15.3. The molecule has 0 aliphatic heterocycles. The van der Waals surface area contributed by atoms with Crippen LogP contribution in [0, 0.1) is 12.3 Å². The molecule has 1 unspecified atom stereocenters. The summed E-state index contributed by atoms with van der Waals surface area (Å²) < 4.78 is 5.64. The first kappa shape index (κ1) is 15.8. The van der Waals surface area contributed by atoms with Crippen molar-refractivity contribution in [3.8, 4) is 5.75 Å². The second-order valence-corrected chi connectivity index (χ2v) is 6.16. The summed E-state index contributed by atoms with van der Waals surface area (Å²) in [5, 5.41) is 12.5. The van der Waals surface area contributed by atoms with Crippen molar-refractivity contribution in [3.05, 3.63) is 29.8 Å². The van der Waals surface area contributed by atoms with Gasteiger partial charge < -0.3 is 15.2 Å². The second kappa shape index (κ2) is 6.94. The molecule has 4 heteroatoms. The highest BCUT2D eigenvalue weighted by molar-refractivity contribution is 5.80. The summed E-state index contributed by atoms with van der Waals surface area (Å²) in [6.07, 6.45) is 3.69. The predicted molar refractivity (Wildman–Crippen MR) is 82.3 cm³/mol. The zero-order valence-electron chi connectivity index (χ0n) is 12.9. The second-order valence-electron chi connectivity index (χ2n) is 6.16. The summed E-state index contributed by atoms with van der Waals surface area (Å²) in [7, 11) is 0. The Bertz CT molecular complexity index is 463. The van der Waals surface area contributed by atoms with Gasteiger partial charge in [-0.25, -0.2) is 0 Å². The number of rotatable bonds is 6. The molecule has 1 saturated carbocycles. The van der Waals surface area contributed by atoms with E-state index in [-0.39, 0.29) is 17.9 Å². The number of benzene rings is 1. The first-order valence-electron chi connectivity index (χ1n) is 7.67. The third kappa shape index (κ3) is 4.21. The van der Waals surface area contributed by atoms with Crippen LogP contribution in [0.4, 0.5) is 0 Å². The third-order valence-electron chi connectivity index (χ3n) is 4.34. The van der Waals surface area contributed by atoms with E-state index in [0.29, 0.717) is 12.3 Å². The van der Waals surface area contributed by atoms with Crippen molar-refractivity contribution in [2.45, 2.75) is 45.6 Å². The molecule has 0 aromatic heterocycles. The number of carbonyl (C=O) groups excluding carboxylic acids is 1. The Morgan fingerprint density at radius 3 is 2.52 bits per heavy atom. The molecule has 1 atom stereocenters. The van der Waals surface area contributed by atoms with E-state index < -0.39 is 6.10 Å². The monoisotopic (exact) mass is 291 g/mol. The van der Waals surface area contributed by atoms with Gasteiger partial charge in [-0.2, -0.15) is 0 Å². The molecular weight excluding hydrogens is 266 g/mol. The normalized spacial score (nSPS) is 18.2. The molecule has 1 amide bonds. The summed E-state index contributed by atoms with van der Waals surface area (Å²) in [4.78, 5) is 12.1. The molecule has 0 spiro atoms. The molecule has 1 aromatic carbocycles. The van der Waals surface area contributed by atoms with Gasteiger partial charge in [-0.05, 0) is 38.8 Å². The van der Waals surface area contributed by atoms with Gasteiger partial charge in [0.25, 0.3) is 5.91 Å². The summed E-state index contributed by atoms with van der Waals surface area (Å²) >= 11 is 0. The Kier molecular flexibility index (Phi) is 5.23. The maximum Gasteiger partial charge on any atom is 0.260 e. The Morgan fingerprint density at radius 1 is 1.33 bits per heavy atom. The highest BCUT2D eigenvalue weighted by atomic mass is 16.5. The largest absolute Gasteiger partial charge is 0.481 e. The van der Waals surface area contributed by atoms with Gasteiger partial charge in [0.15, 0.2) is 6.10 Å². The highest BCUT2D eigenvalue weighted by Gasteiger charge is 2.33. The standard InChI is InChI=1S/C17H25NO3/c1-13-5-7-15(8-6-13)21-14(2)16(20)18-11-17(12-19)9-3-4-10-17/h5-8,14,19H,3-4,9-12H2,1-2H3,(H,18,20). The molecule has 1 aromatic rings. The first-order valence-corrected chi connectivity index (χ1v) is 7.67. The van der Waals surface area contributed by atoms with E-state index in [0.717, 1.165) is 31.2 Å². The number of amides is 1. The molecule has 2 rings (SSSR count). The molecule has 116 valence electrons. The van der Waals surface area contributed by atoms with Crippen LogP contribution in [0.2, 0.25) is 0 Å². The summed E-state index contributed by atoms with van der Waals surface area (Å²) in [6.45, 7) is 4.43. The van der Waals surface area contributed by atoms with Crippen molar-refractivity contribution >= 4 is 5.91 Å². The maximum atomic E-state index is 12.1. The molecule has 1 aliphatic carbocycles. The van der Waals surface area contributed by atoms with Crippen LogP contribution < -0.4 is 10.1 Å². The van der Waals surface area contributed by atoms with Crippen molar-refractivity contribution in [3.63, 3.8) is 0 Å². The van der Waals surface area contributed by atoms with Gasteiger partial charge in [0.1, 0.15) is 5.75 Å². The number of hydrogen-bond donors (Lipinski definition) is 2. The predicted octanol–water partition coefficient (Wildman–Crippen LogP) is 2.43. The lowest BCUT2D eigenvalue weighted by atomic mass is 9.87. The molecule has 0 heterocycles. The average Bonchev–Trinajstić information content (AvgIpc) is 2.96. The lowest BCUT2D eigenvalue weighted by Crippen LogP contribution is -2.43. The Balaban J connectivity index is 1.83. The van der Waals surface area contributed by atoms with Crippen LogP contribution in [-0.4, -0.2) is 30.3 Å². The van der Waals surface area contributed by atoms with E-state index in [2.05, 4.69) is 5.32 Å². The quantitative estimate of drug-likeness (QED) is 0.846. The van der Waals surface area contributed by atoms with Crippen molar-refractivity contribution in [2.24, 2.45) is 5.41 Å². The van der Waals surface area contributed by atoms with Crippen molar-refractivity contribution in [2.75, 3.05) is 13.2 Å². The molecule has 1 aliphatic rings. The fourth-order valence-electron chi connectivity index (χ4n) is 2.81. The minimum absolute atomic E-state index is 0.126. The van der Waals surface area contributed by atoms with Crippen LogP contribution >= 0.6 is 0 Å². The van der Waals surface area contributed by atoms with Gasteiger partial charge in [0.2, 0.25) is 0 Å². The molecule has 4 nitrogen and oxygen atoms in total. The maximum absolute atomic E-state index is 12.1. The summed E-state index contributed by atoms with van der Waals surface area (Å²) in [5.74, 6) is 0.566. The molecule has 0 saturated heterocycles. The molecule has 0 bridgehead atoms. The number of ether oxygens (including phenoxy) is 1. The SMILES string of the molecule is Cc1ccc(OC(C)C(=O)NCC2(CO)CCCC2)cc1. The van der Waals surface area contributed by atoms with Crippen LogP contribution in [0.25, 0.3) is 0 Å². The van der Waals surface area contributed by atoms with Gasteiger partial charge in [0, 0.05) is 12.0 Å². The van der Waals surface area contributed by atoms with Crippen LogP contribution in [-0.2, 0) is 4.79 Å². The van der Waals surface area contributed by atoms with Crippen LogP contribution in [0.15, 0.2) is 24.3 Å². The van der Waals surface area contributed by atoms with Crippen molar-refractivity contribution in [1.82, 2.24) is 5.32 Å². The summed E-state index contributed by atoms with van der Waals surface area (Å²) in [6, 6.07) is 7.65. The van der Waals surface area contributed by atoms with E-state index in [1.807, 2.05) is 31.2 Å². The van der Waals surface area contributed by atoms with Crippen LogP contribution in [0.1, 0.15) is 38.2 Å². The third-order valence-corrected chi connectivity index (χ3v) is 4.34. The topological polar surface area (TPSA) is 58.6 Å². The fraction of sp³-hybridized carbons (Fsp3) is 0.588. The smallest absolute Gasteiger partial charge is 0.260 e. The van der Waals surface area contributed by atoms with Gasteiger partial charge in [0.05, 0.1) is 6.61 Å². The van der Waals surface area contributed by atoms with Gasteiger partial charge >= 0.3 is 0 Å². The Labute approximate surface area is 126 Å².